The standard InChI is InChI=1S/C12H17N3O/c1-9(7-16-2)6-15-8-14-11-5-10(13)3-4-12(11)15/h3-5,8-9H,6-7,13H2,1-2H3. The minimum absolute atomic E-state index is 0.472. The molecule has 1 aromatic heterocycles. The van der Waals surface area contributed by atoms with E-state index >= 15 is 0 Å². The molecular weight excluding hydrogens is 202 g/mol. The Hall–Kier alpha value is -1.55. The zero-order chi connectivity index (χ0) is 11.5. The number of hydrogen-bond donors (Lipinski definition) is 1. The van der Waals surface area contributed by atoms with E-state index in [2.05, 4.69) is 16.5 Å². The van der Waals surface area contributed by atoms with Gasteiger partial charge < -0.3 is 15.0 Å². The molecule has 0 saturated heterocycles. The molecule has 0 aliphatic rings. The van der Waals surface area contributed by atoms with Crippen LogP contribution in [0.4, 0.5) is 5.69 Å². The van der Waals surface area contributed by atoms with E-state index in [4.69, 9.17) is 10.5 Å². The lowest BCUT2D eigenvalue weighted by Crippen LogP contribution is -2.11. The number of nitrogen functional groups attached to an aromatic ring is 1. The van der Waals surface area contributed by atoms with Crippen LogP contribution in [-0.4, -0.2) is 23.3 Å². The van der Waals surface area contributed by atoms with Crippen molar-refractivity contribution in [2.24, 2.45) is 5.92 Å². The molecule has 0 amide bonds. The number of rotatable bonds is 4. The molecule has 4 heteroatoms. The van der Waals surface area contributed by atoms with E-state index in [1.807, 2.05) is 24.5 Å². The molecular formula is C12H17N3O. The number of aromatic nitrogens is 2. The third-order valence-corrected chi connectivity index (χ3v) is 2.60. The van der Waals surface area contributed by atoms with E-state index in [1.54, 1.807) is 7.11 Å². The maximum absolute atomic E-state index is 5.71. The minimum atomic E-state index is 0.472. The van der Waals surface area contributed by atoms with Crippen molar-refractivity contribution in [3.05, 3.63) is 24.5 Å². The summed E-state index contributed by atoms with van der Waals surface area (Å²) < 4.78 is 7.27. The lowest BCUT2D eigenvalue weighted by Gasteiger charge is -2.11. The largest absolute Gasteiger partial charge is 0.399 e. The minimum Gasteiger partial charge on any atom is -0.399 e. The Labute approximate surface area is 95.0 Å². The van der Waals surface area contributed by atoms with Gasteiger partial charge in [-0.1, -0.05) is 6.92 Å². The first-order valence-corrected chi connectivity index (χ1v) is 5.40. The fraction of sp³-hybridized carbons (Fsp3) is 0.417. The van der Waals surface area contributed by atoms with Crippen LogP contribution in [0.1, 0.15) is 6.92 Å². The Morgan fingerprint density at radius 1 is 1.50 bits per heavy atom. The summed E-state index contributed by atoms with van der Waals surface area (Å²) in [5.41, 5.74) is 8.54. The number of nitrogens with zero attached hydrogens (tertiary/aromatic N) is 2. The van der Waals surface area contributed by atoms with Crippen LogP contribution in [0.25, 0.3) is 11.0 Å². The summed E-state index contributed by atoms with van der Waals surface area (Å²) in [6.07, 6.45) is 1.86. The molecule has 2 N–H and O–H groups in total. The Bertz CT molecular complexity index is 478. The molecule has 86 valence electrons. The van der Waals surface area contributed by atoms with Crippen molar-refractivity contribution >= 4 is 16.7 Å². The van der Waals surface area contributed by atoms with Crippen LogP contribution in [0.15, 0.2) is 24.5 Å². The molecule has 2 aromatic rings. The van der Waals surface area contributed by atoms with E-state index in [9.17, 15) is 0 Å². The van der Waals surface area contributed by atoms with Crippen molar-refractivity contribution in [3.63, 3.8) is 0 Å². The van der Waals surface area contributed by atoms with Crippen LogP contribution >= 0.6 is 0 Å². The van der Waals surface area contributed by atoms with Crippen LogP contribution in [0.3, 0.4) is 0 Å². The second kappa shape index (κ2) is 4.53. The second-order valence-corrected chi connectivity index (χ2v) is 4.21. The molecule has 1 heterocycles. The maximum atomic E-state index is 5.71. The molecule has 4 nitrogen and oxygen atoms in total. The predicted molar refractivity (Wildman–Crippen MR) is 65.2 cm³/mol. The lowest BCUT2D eigenvalue weighted by atomic mass is 10.2. The zero-order valence-electron chi connectivity index (χ0n) is 9.68. The summed E-state index contributed by atoms with van der Waals surface area (Å²) in [5, 5.41) is 0. The lowest BCUT2D eigenvalue weighted by molar-refractivity contribution is 0.152. The van der Waals surface area contributed by atoms with Crippen molar-refractivity contribution < 1.29 is 4.74 Å². The van der Waals surface area contributed by atoms with E-state index in [1.165, 1.54) is 0 Å². The van der Waals surface area contributed by atoms with Gasteiger partial charge in [0.2, 0.25) is 0 Å². The van der Waals surface area contributed by atoms with Crippen LogP contribution in [0, 0.1) is 5.92 Å². The number of ether oxygens (including phenoxy) is 1. The van der Waals surface area contributed by atoms with Gasteiger partial charge in [0.15, 0.2) is 0 Å². The topological polar surface area (TPSA) is 53.1 Å². The normalized spacial score (nSPS) is 13.1. The molecule has 0 aliphatic carbocycles. The van der Waals surface area contributed by atoms with Gasteiger partial charge >= 0.3 is 0 Å². The van der Waals surface area contributed by atoms with Crippen LogP contribution in [0.2, 0.25) is 0 Å². The van der Waals surface area contributed by atoms with Crippen LogP contribution < -0.4 is 5.73 Å². The predicted octanol–water partition coefficient (Wildman–Crippen LogP) is 1.90. The third-order valence-electron chi connectivity index (χ3n) is 2.60. The highest BCUT2D eigenvalue weighted by molar-refractivity contribution is 5.78. The Morgan fingerprint density at radius 3 is 3.06 bits per heavy atom. The molecule has 0 spiro atoms. The van der Waals surface area contributed by atoms with Crippen LogP contribution in [-0.2, 0) is 11.3 Å². The number of nitrogens with two attached hydrogens (primary N) is 1. The molecule has 0 fully saturated rings. The van der Waals surface area contributed by atoms with Crippen molar-refractivity contribution in [3.8, 4) is 0 Å². The average Bonchev–Trinajstić information content (AvgIpc) is 2.61. The van der Waals surface area contributed by atoms with Gasteiger partial charge in [-0.3, -0.25) is 0 Å². The van der Waals surface area contributed by atoms with E-state index in [-0.39, 0.29) is 0 Å². The number of methoxy groups -OCH3 is 1. The summed E-state index contributed by atoms with van der Waals surface area (Å²) in [6, 6.07) is 5.81. The van der Waals surface area contributed by atoms with Gasteiger partial charge in [-0.2, -0.15) is 0 Å². The first-order chi connectivity index (χ1) is 7.70. The van der Waals surface area contributed by atoms with Crippen molar-refractivity contribution in [1.29, 1.82) is 0 Å². The average molecular weight is 219 g/mol. The first kappa shape index (κ1) is 11.0. The number of benzene rings is 1. The van der Waals surface area contributed by atoms with Gasteiger partial charge in [-0.15, -0.1) is 0 Å². The van der Waals surface area contributed by atoms with Crippen LogP contribution in [0.5, 0.6) is 0 Å². The van der Waals surface area contributed by atoms with Gasteiger partial charge in [0.25, 0.3) is 0 Å². The van der Waals surface area contributed by atoms with Crippen molar-refractivity contribution in [2.45, 2.75) is 13.5 Å². The van der Waals surface area contributed by atoms with Crippen molar-refractivity contribution in [2.75, 3.05) is 19.5 Å². The fourth-order valence-electron chi connectivity index (χ4n) is 1.90. The van der Waals surface area contributed by atoms with E-state index in [0.29, 0.717) is 5.92 Å². The Morgan fingerprint density at radius 2 is 2.31 bits per heavy atom. The molecule has 1 aromatic carbocycles. The van der Waals surface area contributed by atoms with Gasteiger partial charge in [-0.05, 0) is 24.1 Å². The Balaban J connectivity index is 2.25. The molecule has 0 bridgehead atoms. The van der Waals surface area contributed by atoms with Gasteiger partial charge in [0.05, 0.1) is 24.0 Å². The fourth-order valence-corrected chi connectivity index (χ4v) is 1.90. The summed E-state index contributed by atoms with van der Waals surface area (Å²) in [7, 11) is 1.73. The number of anilines is 1. The molecule has 16 heavy (non-hydrogen) atoms. The second-order valence-electron chi connectivity index (χ2n) is 4.21. The van der Waals surface area contributed by atoms with Crippen molar-refractivity contribution in [1.82, 2.24) is 9.55 Å². The maximum Gasteiger partial charge on any atom is 0.0958 e. The summed E-state index contributed by atoms with van der Waals surface area (Å²) in [4.78, 5) is 4.33. The molecule has 0 aliphatic heterocycles. The monoisotopic (exact) mass is 219 g/mol. The first-order valence-electron chi connectivity index (χ1n) is 5.40. The quantitative estimate of drug-likeness (QED) is 0.799. The third kappa shape index (κ3) is 2.17. The number of hydrogen-bond acceptors (Lipinski definition) is 3. The number of imidazole rings is 1. The highest BCUT2D eigenvalue weighted by atomic mass is 16.5. The summed E-state index contributed by atoms with van der Waals surface area (Å²) in [6.45, 7) is 3.83. The molecule has 0 saturated carbocycles. The van der Waals surface area contributed by atoms with Gasteiger partial charge in [0, 0.05) is 19.3 Å². The SMILES string of the molecule is COCC(C)Cn1cnc2cc(N)ccc21. The number of fused-ring (bicyclic) bond motifs is 1. The molecule has 1 unspecified atom stereocenters. The van der Waals surface area contributed by atoms with Gasteiger partial charge in [0.1, 0.15) is 0 Å². The van der Waals surface area contributed by atoms with Gasteiger partial charge in [-0.25, -0.2) is 4.98 Å². The van der Waals surface area contributed by atoms with E-state index < -0.39 is 0 Å². The zero-order valence-corrected chi connectivity index (χ0v) is 9.68. The molecule has 0 radical (unpaired) electrons. The molecule has 2 rings (SSSR count). The molecule has 1 atom stereocenters. The highest BCUT2D eigenvalue weighted by Crippen LogP contribution is 2.17. The summed E-state index contributed by atoms with van der Waals surface area (Å²) >= 11 is 0. The highest BCUT2D eigenvalue weighted by Gasteiger charge is 2.06. The Kier molecular flexibility index (Phi) is 3.10. The smallest absolute Gasteiger partial charge is 0.0958 e. The van der Waals surface area contributed by atoms with E-state index in [0.717, 1.165) is 29.9 Å². The summed E-state index contributed by atoms with van der Waals surface area (Å²) in [5.74, 6) is 0.472.